The van der Waals surface area contributed by atoms with E-state index in [0.29, 0.717) is 12.5 Å². The van der Waals surface area contributed by atoms with Crippen molar-refractivity contribution in [3.05, 3.63) is 42.0 Å². The number of rotatable bonds is 5. The highest BCUT2D eigenvalue weighted by molar-refractivity contribution is 7.98. The molecule has 3 rings (SSSR count). The summed E-state index contributed by atoms with van der Waals surface area (Å²) in [5.41, 5.74) is 0. The van der Waals surface area contributed by atoms with Crippen LogP contribution in [0.4, 0.5) is 0 Å². The topological polar surface area (TPSA) is 60.2 Å². The Morgan fingerprint density at radius 1 is 1.30 bits per heavy atom. The first-order chi connectivity index (χ1) is 9.90. The van der Waals surface area contributed by atoms with Crippen molar-refractivity contribution >= 4 is 11.8 Å². The molecule has 1 saturated heterocycles. The maximum Gasteiger partial charge on any atom is 0.228 e. The van der Waals surface area contributed by atoms with Crippen LogP contribution in [0.2, 0.25) is 0 Å². The van der Waals surface area contributed by atoms with E-state index in [0.717, 1.165) is 31.1 Å². The number of ether oxygens (including phenoxy) is 1. The second kappa shape index (κ2) is 6.88. The molecular weight excluding hydrogens is 274 g/mol. The molecule has 20 heavy (non-hydrogen) atoms. The van der Waals surface area contributed by atoms with Crippen LogP contribution in [-0.4, -0.2) is 35.9 Å². The van der Waals surface area contributed by atoms with Gasteiger partial charge in [0.2, 0.25) is 5.89 Å². The Labute approximate surface area is 122 Å². The summed E-state index contributed by atoms with van der Waals surface area (Å²) in [5.74, 6) is 2.14. The molecule has 0 saturated carbocycles. The molecule has 0 aliphatic carbocycles. The van der Waals surface area contributed by atoms with Crippen molar-refractivity contribution in [2.24, 2.45) is 0 Å². The number of morpholine rings is 1. The van der Waals surface area contributed by atoms with E-state index in [4.69, 9.17) is 9.26 Å². The van der Waals surface area contributed by atoms with Crippen LogP contribution in [0.3, 0.4) is 0 Å². The Morgan fingerprint density at radius 3 is 3.00 bits per heavy atom. The molecule has 0 spiro atoms. The second-order valence-corrected chi connectivity index (χ2v) is 5.68. The van der Waals surface area contributed by atoms with Gasteiger partial charge < -0.3 is 14.6 Å². The number of nitrogens with zero attached hydrogens (tertiary/aromatic N) is 2. The minimum atomic E-state index is 0.277. The fourth-order valence-corrected chi connectivity index (χ4v) is 2.82. The molecule has 0 bridgehead atoms. The number of nitrogens with one attached hydrogen (secondary N) is 1. The van der Waals surface area contributed by atoms with Crippen molar-refractivity contribution in [1.29, 1.82) is 0 Å². The fourth-order valence-electron chi connectivity index (χ4n) is 2.06. The summed E-state index contributed by atoms with van der Waals surface area (Å²) in [6.07, 6.45) is 0.725. The van der Waals surface area contributed by atoms with E-state index in [2.05, 4.69) is 27.6 Å². The van der Waals surface area contributed by atoms with Crippen LogP contribution in [0, 0.1) is 0 Å². The van der Waals surface area contributed by atoms with E-state index in [9.17, 15) is 0 Å². The number of benzene rings is 1. The maximum absolute atomic E-state index is 5.41. The number of hydrogen-bond donors (Lipinski definition) is 1. The minimum absolute atomic E-state index is 0.277. The molecule has 0 radical (unpaired) electrons. The van der Waals surface area contributed by atoms with Gasteiger partial charge >= 0.3 is 0 Å². The lowest BCUT2D eigenvalue weighted by Gasteiger charge is -2.22. The van der Waals surface area contributed by atoms with Gasteiger partial charge in [0.1, 0.15) is 0 Å². The number of aromatic nitrogens is 2. The molecule has 1 atom stereocenters. The fraction of sp³-hybridized carbons (Fsp3) is 0.429. The molecule has 0 amide bonds. The lowest BCUT2D eigenvalue weighted by atomic mass is 10.2. The molecule has 2 aromatic rings. The maximum atomic E-state index is 5.41. The molecule has 2 heterocycles. The third kappa shape index (κ3) is 3.82. The predicted molar refractivity (Wildman–Crippen MR) is 76.6 cm³/mol. The monoisotopic (exact) mass is 291 g/mol. The van der Waals surface area contributed by atoms with E-state index in [1.165, 1.54) is 4.90 Å². The first-order valence-electron chi connectivity index (χ1n) is 6.70. The molecule has 1 fully saturated rings. The molecule has 5 nitrogen and oxygen atoms in total. The van der Waals surface area contributed by atoms with Gasteiger partial charge in [-0.25, -0.2) is 0 Å². The number of thioether (sulfide) groups is 1. The Balaban J connectivity index is 1.51. The van der Waals surface area contributed by atoms with Gasteiger partial charge in [0.15, 0.2) is 5.82 Å². The summed E-state index contributed by atoms with van der Waals surface area (Å²) in [5, 5.41) is 7.40. The quantitative estimate of drug-likeness (QED) is 0.849. The lowest BCUT2D eigenvalue weighted by Crippen LogP contribution is -2.42. The molecule has 1 unspecified atom stereocenters. The van der Waals surface area contributed by atoms with Gasteiger partial charge in [-0.05, 0) is 12.1 Å². The number of hydrogen-bond acceptors (Lipinski definition) is 6. The van der Waals surface area contributed by atoms with Gasteiger partial charge in [0.05, 0.1) is 19.0 Å². The van der Waals surface area contributed by atoms with Crippen molar-refractivity contribution in [3.8, 4) is 0 Å². The van der Waals surface area contributed by atoms with Crippen molar-refractivity contribution in [2.45, 2.75) is 23.1 Å². The van der Waals surface area contributed by atoms with Gasteiger partial charge in [-0.1, -0.05) is 23.4 Å². The van der Waals surface area contributed by atoms with Gasteiger partial charge in [-0.15, -0.1) is 11.8 Å². The second-order valence-electron chi connectivity index (χ2n) is 4.64. The van der Waals surface area contributed by atoms with Crippen LogP contribution in [0.15, 0.2) is 39.8 Å². The van der Waals surface area contributed by atoms with E-state index >= 15 is 0 Å². The highest BCUT2D eigenvalue weighted by atomic mass is 32.2. The van der Waals surface area contributed by atoms with Crippen molar-refractivity contribution in [3.63, 3.8) is 0 Å². The molecule has 1 aliphatic rings. The third-order valence-electron chi connectivity index (χ3n) is 3.04. The molecule has 6 heteroatoms. The molecule has 1 aromatic heterocycles. The van der Waals surface area contributed by atoms with Crippen LogP contribution < -0.4 is 5.32 Å². The van der Waals surface area contributed by atoms with Gasteiger partial charge in [0.25, 0.3) is 0 Å². The average molecular weight is 291 g/mol. The SMILES string of the molecule is c1ccc(SCc2noc(CC3COCCN3)n2)cc1. The summed E-state index contributed by atoms with van der Waals surface area (Å²) in [7, 11) is 0. The average Bonchev–Trinajstić information content (AvgIpc) is 2.95. The highest BCUT2D eigenvalue weighted by Gasteiger charge is 2.17. The Bertz CT molecular complexity index is 526. The largest absolute Gasteiger partial charge is 0.378 e. The lowest BCUT2D eigenvalue weighted by molar-refractivity contribution is 0.0744. The zero-order chi connectivity index (χ0) is 13.6. The zero-order valence-electron chi connectivity index (χ0n) is 11.1. The van der Waals surface area contributed by atoms with Crippen LogP contribution in [0.5, 0.6) is 0 Å². The van der Waals surface area contributed by atoms with Crippen molar-refractivity contribution < 1.29 is 9.26 Å². The van der Waals surface area contributed by atoms with E-state index in [-0.39, 0.29) is 6.04 Å². The van der Waals surface area contributed by atoms with E-state index in [1.807, 2.05) is 18.2 Å². The van der Waals surface area contributed by atoms with Crippen molar-refractivity contribution in [2.75, 3.05) is 19.8 Å². The normalized spacial score (nSPS) is 19.1. The first-order valence-corrected chi connectivity index (χ1v) is 7.69. The van der Waals surface area contributed by atoms with Crippen LogP contribution in [0.1, 0.15) is 11.7 Å². The zero-order valence-corrected chi connectivity index (χ0v) is 11.9. The van der Waals surface area contributed by atoms with Crippen LogP contribution in [-0.2, 0) is 16.9 Å². The minimum Gasteiger partial charge on any atom is -0.378 e. The van der Waals surface area contributed by atoms with Crippen molar-refractivity contribution in [1.82, 2.24) is 15.5 Å². The Hall–Kier alpha value is -1.37. The third-order valence-corrected chi connectivity index (χ3v) is 4.05. The molecule has 1 aliphatic heterocycles. The van der Waals surface area contributed by atoms with Crippen LogP contribution >= 0.6 is 11.8 Å². The van der Waals surface area contributed by atoms with E-state index < -0.39 is 0 Å². The molecule has 1 aromatic carbocycles. The smallest absolute Gasteiger partial charge is 0.228 e. The van der Waals surface area contributed by atoms with E-state index in [1.54, 1.807) is 11.8 Å². The highest BCUT2D eigenvalue weighted by Crippen LogP contribution is 2.20. The first kappa shape index (κ1) is 13.6. The molecular formula is C14H17N3O2S. The summed E-state index contributed by atoms with van der Waals surface area (Å²) in [6, 6.07) is 10.5. The molecule has 106 valence electrons. The standard InChI is InChI=1S/C14H17N3O2S/c1-2-4-12(5-3-1)20-10-13-16-14(19-17-13)8-11-9-18-7-6-15-11/h1-5,11,15H,6-10H2. The summed E-state index contributed by atoms with van der Waals surface area (Å²) < 4.78 is 10.7. The summed E-state index contributed by atoms with van der Waals surface area (Å²) in [6.45, 7) is 2.37. The Morgan fingerprint density at radius 2 is 2.20 bits per heavy atom. The van der Waals surface area contributed by atoms with Crippen LogP contribution in [0.25, 0.3) is 0 Å². The summed E-state index contributed by atoms with van der Waals surface area (Å²) in [4.78, 5) is 5.63. The summed E-state index contributed by atoms with van der Waals surface area (Å²) >= 11 is 1.71. The molecule has 1 N–H and O–H groups in total. The van der Waals surface area contributed by atoms with Gasteiger partial charge in [-0.3, -0.25) is 0 Å². The van der Waals surface area contributed by atoms with Gasteiger partial charge in [-0.2, -0.15) is 4.98 Å². The predicted octanol–water partition coefficient (Wildman–Crippen LogP) is 1.89. The Kier molecular flexibility index (Phi) is 4.68. The van der Waals surface area contributed by atoms with Gasteiger partial charge in [0, 0.05) is 23.9 Å².